The Balaban J connectivity index is 1.87. The van der Waals surface area contributed by atoms with Crippen LogP contribution in [0.2, 0.25) is 0 Å². The zero-order valence-electron chi connectivity index (χ0n) is 12.5. The first kappa shape index (κ1) is 14.7. The summed E-state index contributed by atoms with van der Waals surface area (Å²) in [6.45, 7) is 4.02. The van der Waals surface area contributed by atoms with Crippen LogP contribution in [0.4, 0.5) is 26.2 Å². The Labute approximate surface area is 128 Å². The number of halogens is 2. The number of nitrogens with zero attached hydrogens (tertiary/aromatic N) is 2. The maximum atomic E-state index is 13.3. The van der Waals surface area contributed by atoms with Gasteiger partial charge in [0.2, 0.25) is 5.95 Å². The SMILES string of the molecule is CC(C)Nc1nc(Nc2ccc(F)c(F)c2)cc(C2CC2)n1. The van der Waals surface area contributed by atoms with Gasteiger partial charge >= 0.3 is 0 Å². The normalized spacial score (nSPS) is 14.2. The number of nitrogens with one attached hydrogen (secondary N) is 2. The molecule has 2 N–H and O–H groups in total. The molecule has 0 saturated heterocycles. The second kappa shape index (κ2) is 5.87. The third-order valence-electron chi connectivity index (χ3n) is 3.35. The van der Waals surface area contributed by atoms with Crippen LogP contribution in [0.5, 0.6) is 0 Å². The Morgan fingerprint density at radius 2 is 1.86 bits per heavy atom. The Morgan fingerprint density at radius 1 is 1.09 bits per heavy atom. The van der Waals surface area contributed by atoms with Crippen LogP contribution in [0, 0.1) is 11.6 Å². The average Bonchev–Trinajstić information content (AvgIpc) is 3.26. The van der Waals surface area contributed by atoms with E-state index in [0.717, 1.165) is 30.7 Å². The highest BCUT2D eigenvalue weighted by Crippen LogP contribution is 2.40. The number of hydrogen-bond donors (Lipinski definition) is 2. The average molecular weight is 304 g/mol. The molecular formula is C16H18F2N4. The van der Waals surface area contributed by atoms with Crippen molar-refractivity contribution >= 4 is 17.5 Å². The minimum absolute atomic E-state index is 0.213. The van der Waals surface area contributed by atoms with E-state index in [1.165, 1.54) is 6.07 Å². The molecule has 0 bridgehead atoms. The van der Waals surface area contributed by atoms with Crippen LogP contribution >= 0.6 is 0 Å². The molecule has 0 unspecified atom stereocenters. The molecule has 116 valence electrons. The van der Waals surface area contributed by atoms with E-state index in [2.05, 4.69) is 20.6 Å². The number of anilines is 3. The van der Waals surface area contributed by atoms with Gasteiger partial charge in [0.15, 0.2) is 11.6 Å². The molecule has 0 atom stereocenters. The van der Waals surface area contributed by atoms with Gasteiger partial charge in [0.1, 0.15) is 5.82 Å². The van der Waals surface area contributed by atoms with E-state index < -0.39 is 11.6 Å². The van der Waals surface area contributed by atoms with E-state index in [4.69, 9.17) is 0 Å². The largest absolute Gasteiger partial charge is 0.352 e. The van der Waals surface area contributed by atoms with E-state index in [-0.39, 0.29) is 6.04 Å². The van der Waals surface area contributed by atoms with E-state index in [1.54, 1.807) is 0 Å². The van der Waals surface area contributed by atoms with Gasteiger partial charge in [-0.25, -0.2) is 13.8 Å². The standard InChI is InChI=1S/C16H18F2N4/c1-9(2)19-16-21-14(10-3-4-10)8-15(22-16)20-11-5-6-12(17)13(18)7-11/h5-10H,3-4H2,1-2H3,(H2,19,20,21,22). The van der Waals surface area contributed by atoms with Crippen LogP contribution in [-0.2, 0) is 0 Å². The number of aromatic nitrogens is 2. The van der Waals surface area contributed by atoms with Gasteiger partial charge in [0.25, 0.3) is 0 Å². The second-order valence-corrected chi connectivity index (χ2v) is 5.83. The van der Waals surface area contributed by atoms with Crippen LogP contribution in [0.15, 0.2) is 24.3 Å². The third kappa shape index (κ3) is 3.50. The number of hydrogen-bond acceptors (Lipinski definition) is 4. The zero-order valence-corrected chi connectivity index (χ0v) is 12.5. The Bertz CT molecular complexity index is 684. The summed E-state index contributed by atoms with van der Waals surface area (Å²) in [6.07, 6.45) is 2.26. The highest BCUT2D eigenvalue weighted by atomic mass is 19.2. The molecule has 1 aromatic heterocycles. The topological polar surface area (TPSA) is 49.8 Å². The Kier molecular flexibility index (Phi) is 3.92. The van der Waals surface area contributed by atoms with Crippen LogP contribution in [-0.4, -0.2) is 16.0 Å². The summed E-state index contributed by atoms with van der Waals surface area (Å²) in [5.41, 5.74) is 1.43. The van der Waals surface area contributed by atoms with Crippen molar-refractivity contribution in [2.45, 2.75) is 38.6 Å². The molecule has 1 aromatic carbocycles. The van der Waals surface area contributed by atoms with Crippen LogP contribution in [0.25, 0.3) is 0 Å². The minimum Gasteiger partial charge on any atom is -0.352 e. The summed E-state index contributed by atoms with van der Waals surface area (Å²) in [5, 5.41) is 6.19. The second-order valence-electron chi connectivity index (χ2n) is 5.83. The molecule has 1 saturated carbocycles. The maximum absolute atomic E-state index is 13.3. The van der Waals surface area contributed by atoms with Crippen molar-refractivity contribution in [3.8, 4) is 0 Å². The molecule has 0 spiro atoms. The highest BCUT2D eigenvalue weighted by Gasteiger charge is 2.26. The highest BCUT2D eigenvalue weighted by molar-refractivity contribution is 5.58. The molecule has 2 aromatic rings. The fourth-order valence-corrected chi connectivity index (χ4v) is 2.16. The fraction of sp³-hybridized carbons (Fsp3) is 0.375. The van der Waals surface area contributed by atoms with Gasteiger partial charge in [0.05, 0.1) is 5.69 Å². The molecule has 22 heavy (non-hydrogen) atoms. The number of rotatable bonds is 5. The van der Waals surface area contributed by atoms with Crippen LogP contribution < -0.4 is 10.6 Å². The fourth-order valence-electron chi connectivity index (χ4n) is 2.16. The minimum atomic E-state index is -0.887. The molecular weight excluding hydrogens is 286 g/mol. The summed E-state index contributed by atoms with van der Waals surface area (Å²) in [4.78, 5) is 8.89. The summed E-state index contributed by atoms with van der Waals surface area (Å²) in [7, 11) is 0. The smallest absolute Gasteiger partial charge is 0.225 e. The monoisotopic (exact) mass is 304 g/mol. The van der Waals surface area contributed by atoms with Crippen molar-refractivity contribution in [2.75, 3.05) is 10.6 Å². The molecule has 1 heterocycles. The lowest BCUT2D eigenvalue weighted by Crippen LogP contribution is -2.14. The van der Waals surface area contributed by atoms with Gasteiger partial charge in [-0.05, 0) is 38.8 Å². The summed E-state index contributed by atoms with van der Waals surface area (Å²) >= 11 is 0. The van der Waals surface area contributed by atoms with E-state index in [1.807, 2.05) is 19.9 Å². The zero-order chi connectivity index (χ0) is 15.7. The van der Waals surface area contributed by atoms with Crippen molar-refractivity contribution in [3.05, 3.63) is 41.6 Å². The summed E-state index contributed by atoms with van der Waals surface area (Å²) in [6, 6.07) is 5.76. The maximum Gasteiger partial charge on any atom is 0.225 e. The van der Waals surface area contributed by atoms with E-state index in [9.17, 15) is 8.78 Å². The summed E-state index contributed by atoms with van der Waals surface area (Å²) < 4.78 is 26.3. The van der Waals surface area contributed by atoms with E-state index >= 15 is 0 Å². The molecule has 0 aliphatic heterocycles. The predicted molar refractivity (Wildman–Crippen MR) is 82.4 cm³/mol. The van der Waals surface area contributed by atoms with Gasteiger partial charge in [-0.3, -0.25) is 0 Å². The first-order valence-corrected chi connectivity index (χ1v) is 7.39. The first-order valence-electron chi connectivity index (χ1n) is 7.39. The molecule has 1 aliphatic rings. The van der Waals surface area contributed by atoms with Crippen molar-refractivity contribution in [2.24, 2.45) is 0 Å². The van der Waals surface area contributed by atoms with Crippen molar-refractivity contribution < 1.29 is 8.78 Å². The Morgan fingerprint density at radius 3 is 2.50 bits per heavy atom. The van der Waals surface area contributed by atoms with Crippen molar-refractivity contribution in [1.82, 2.24) is 9.97 Å². The molecule has 6 heteroatoms. The molecule has 1 aliphatic carbocycles. The molecule has 0 radical (unpaired) electrons. The molecule has 1 fully saturated rings. The predicted octanol–water partition coefficient (Wildman–Crippen LogP) is 4.20. The van der Waals surface area contributed by atoms with Gasteiger partial charge in [-0.1, -0.05) is 0 Å². The van der Waals surface area contributed by atoms with Gasteiger partial charge in [-0.15, -0.1) is 0 Å². The summed E-state index contributed by atoms with van der Waals surface area (Å²) in [5.74, 6) is -0.159. The van der Waals surface area contributed by atoms with Gasteiger partial charge in [-0.2, -0.15) is 4.98 Å². The molecule has 3 rings (SSSR count). The quantitative estimate of drug-likeness (QED) is 0.869. The van der Waals surface area contributed by atoms with E-state index in [0.29, 0.717) is 23.4 Å². The lowest BCUT2D eigenvalue weighted by Gasteiger charge is -2.13. The van der Waals surface area contributed by atoms with Crippen molar-refractivity contribution in [3.63, 3.8) is 0 Å². The van der Waals surface area contributed by atoms with Gasteiger partial charge < -0.3 is 10.6 Å². The first-order chi connectivity index (χ1) is 10.5. The lowest BCUT2D eigenvalue weighted by atomic mass is 10.2. The van der Waals surface area contributed by atoms with Crippen LogP contribution in [0.1, 0.15) is 38.3 Å². The lowest BCUT2D eigenvalue weighted by molar-refractivity contribution is 0.509. The Hall–Kier alpha value is -2.24. The van der Waals surface area contributed by atoms with Crippen LogP contribution in [0.3, 0.4) is 0 Å². The number of benzene rings is 1. The third-order valence-corrected chi connectivity index (χ3v) is 3.35. The van der Waals surface area contributed by atoms with Gasteiger partial charge in [0, 0.05) is 29.8 Å². The molecule has 0 amide bonds. The van der Waals surface area contributed by atoms with Crippen molar-refractivity contribution in [1.29, 1.82) is 0 Å². The molecule has 4 nitrogen and oxygen atoms in total.